The third kappa shape index (κ3) is 3.05. The Morgan fingerprint density at radius 2 is 1.76 bits per heavy atom. The second-order valence-electron chi connectivity index (χ2n) is 6.71. The smallest absolute Gasteiger partial charge is 0.0775 e. The average Bonchev–Trinajstić information content (AvgIpc) is 2.40. The van der Waals surface area contributed by atoms with Gasteiger partial charge < -0.3 is 0 Å². The molecule has 96 valence electrons. The van der Waals surface area contributed by atoms with Gasteiger partial charge in [-0.25, -0.2) is 0 Å². The van der Waals surface area contributed by atoms with Gasteiger partial charge in [-0.05, 0) is 24.8 Å². The summed E-state index contributed by atoms with van der Waals surface area (Å²) in [7, 11) is 0. The Morgan fingerprint density at radius 1 is 1.18 bits per heavy atom. The topological polar surface area (TPSA) is 20.1 Å². The van der Waals surface area contributed by atoms with Crippen molar-refractivity contribution in [1.29, 1.82) is 0 Å². The Bertz CT molecular complexity index is 356. The fraction of sp³-hybridized carbons (Fsp3) is 0.733. The number of nitroso groups, excluding NO2 is 1. The summed E-state index contributed by atoms with van der Waals surface area (Å²) in [6.45, 7) is 12.6. The highest BCUT2D eigenvalue weighted by atomic mass is 16.3. The standard InChI is InChI=1S/C15H26NO/c1-12-8-7-9-13(11-10-12)16(17)15(5,6)14(2,3)4/h7,9,11-12H,8,10H2,1-6H3/q+1. The molecule has 0 aliphatic heterocycles. The quantitative estimate of drug-likeness (QED) is 0.648. The Kier molecular flexibility index (Phi) is 3.95. The highest BCUT2D eigenvalue weighted by molar-refractivity contribution is 5.14. The average molecular weight is 236 g/mol. The first kappa shape index (κ1) is 14.1. The van der Waals surface area contributed by atoms with E-state index in [0.29, 0.717) is 5.92 Å². The fourth-order valence-electron chi connectivity index (χ4n) is 1.69. The number of allylic oxidation sites excluding steroid dienone is 3. The molecule has 1 aliphatic rings. The maximum absolute atomic E-state index is 12.5. The van der Waals surface area contributed by atoms with Crippen LogP contribution in [-0.4, -0.2) is 10.3 Å². The Balaban J connectivity index is 2.98. The van der Waals surface area contributed by atoms with Crippen molar-refractivity contribution in [3.05, 3.63) is 28.8 Å². The van der Waals surface area contributed by atoms with E-state index in [2.05, 4.69) is 39.8 Å². The molecule has 0 radical (unpaired) electrons. The van der Waals surface area contributed by atoms with E-state index in [9.17, 15) is 4.91 Å². The van der Waals surface area contributed by atoms with Crippen LogP contribution in [0.5, 0.6) is 0 Å². The monoisotopic (exact) mass is 236 g/mol. The van der Waals surface area contributed by atoms with Crippen LogP contribution in [0.4, 0.5) is 0 Å². The summed E-state index contributed by atoms with van der Waals surface area (Å²) in [6.07, 6.45) is 8.22. The summed E-state index contributed by atoms with van der Waals surface area (Å²) in [5.41, 5.74) is 0.354. The molecule has 0 saturated carbocycles. The number of hydrogen-bond donors (Lipinski definition) is 0. The van der Waals surface area contributed by atoms with Crippen molar-refractivity contribution in [3.8, 4) is 0 Å². The van der Waals surface area contributed by atoms with Crippen LogP contribution in [0.3, 0.4) is 0 Å². The minimum absolute atomic E-state index is 0.0542. The fourth-order valence-corrected chi connectivity index (χ4v) is 1.69. The van der Waals surface area contributed by atoms with Crippen molar-refractivity contribution in [2.24, 2.45) is 11.3 Å². The molecule has 2 heteroatoms. The zero-order chi connectivity index (χ0) is 13.3. The van der Waals surface area contributed by atoms with Crippen LogP contribution in [-0.2, 0) is 0 Å². The van der Waals surface area contributed by atoms with E-state index in [-0.39, 0.29) is 5.41 Å². The van der Waals surface area contributed by atoms with Crippen LogP contribution in [0.15, 0.2) is 23.9 Å². The maximum atomic E-state index is 12.5. The van der Waals surface area contributed by atoms with E-state index in [1.54, 1.807) is 0 Å². The normalized spacial score (nSPS) is 22.0. The van der Waals surface area contributed by atoms with Crippen LogP contribution in [0.25, 0.3) is 0 Å². The molecule has 0 aromatic carbocycles. The SMILES string of the molecule is CC1CC=CC([N+](=O)C(C)(C)C(C)(C)C)=CC1. The van der Waals surface area contributed by atoms with E-state index in [0.717, 1.165) is 18.5 Å². The van der Waals surface area contributed by atoms with Crippen LogP contribution in [0.1, 0.15) is 54.4 Å². The lowest BCUT2D eigenvalue weighted by molar-refractivity contribution is -0.591. The molecular formula is C15H26NO+. The molecule has 0 aromatic rings. The first-order valence-electron chi connectivity index (χ1n) is 6.50. The van der Waals surface area contributed by atoms with E-state index < -0.39 is 5.54 Å². The van der Waals surface area contributed by atoms with E-state index in [1.165, 1.54) is 4.76 Å². The Hall–Kier alpha value is -0.920. The van der Waals surface area contributed by atoms with Gasteiger partial charge in [0.2, 0.25) is 5.54 Å². The summed E-state index contributed by atoms with van der Waals surface area (Å²) in [5, 5.41) is 0. The van der Waals surface area contributed by atoms with Gasteiger partial charge in [0.15, 0.2) is 0 Å². The summed E-state index contributed by atoms with van der Waals surface area (Å²) in [6, 6.07) is 0. The van der Waals surface area contributed by atoms with E-state index in [4.69, 9.17) is 0 Å². The molecule has 0 spiro atoms. The van der Waals surface area contributed by atoms with Crippen LogP contribution in [0, 0.1) is 16.2 Å². The van der Waals surface area contributed by atoms with Crippen molar-refractivity contribution < 1.29 is 4.76 Å². The van der Waals surface area contributed by atoms with Crippen molar-refractivity contribution in [1.82, 2.24) is 0 Å². The first-order chi connectivity index (χ1) is 7.66. The van der Waals surface area contributed by atoms with Crippen molar-refractivity contribution in [2.75, 3.05) is 0 Å². The third-order valence-electron chi connectivity index (χ3n) is 4.13. The lowest BCUT2D eigenvalue weighted by Crippen LogP contribution is -2.45. The molecule has 1 aliphatic carbocycles. The second-order valence-corrected chi connectivity index (χ2v) is 6.71. The minimum atomic E-state index is -0.406. The van der Waals surface area contributed by atoms with Gasteiger partial charge in [0.25, 0.3) is 5.70 Å². The molecule has 1 atom stereocenters. The van der Waals surface area contributed by atoms with Crippen LogP contribution < -0.4 is 0 Å². The lowest BCUT2D eigenvalue weighted by atomic mass is 9.76. The lowest BCUT2D eigenvalue weighted by Gasteiger charge is -2.30. The number of rotatable bonds is 2. The highest BCUT2D eigenvalue weighted by Gasteiger charge is 2.48. The molecule has 0 aromatic heterocycles. The van der Waals surface area contributed by atoms with Gasteiger partial charge in [-0.15, -0.1) is 0 Å². The van der Waals surface area contributed by atoms with Gasteiger partial charge in [0, 0.05) is 35.0 Å². The molecule has 0 saturated heterocycles. The molecule has 0 bridgehead atoms. The summed E-state index contributed by atoms with van der Waals surface area (Å²) < 4.78 is 1.18. The van der Waals surface area contributed by atoms with Crippen LogP contribution in [0.2, 0.25) is 0 Å². The maximum Gasteiger partial charge on any atom is 0.252 e. The second kappa shape index (κ2) is 4.75. The highest BCUT2D eigenvalue weighted by Crippen LogP contribution is 2.35. The molecule has 17 heavy (non-hydrogen) atoms. The molecule has 1 unspecified atom stereocenters. The number of nitrogens with zero attached hydrogens (tertiary/aromatic N) is 1. The predicted molar refractivity (Wildman–Crippen MR) is 72.8 cm³/mol. The molecule has 2 nitrogen and oxygen atoms in total. The first-order valence-corrected chi connectivity index (χ1v) is 6.50. The van der Waals surface area contributed by atoms with Gasteiger partial charge in [-0.1, -0.05) is 33.8 Å². The Morgan fingerprint density at radius 3 is 2.29 bits per heavy atom. The zero-order valence-electron chi connectivity index (χ0n) is 12.1. The summed E-state index contributed by atoms with van der Waals surface area (Å²) in [5.74, 6) is 0.634. The largest absolute Gasteiger partial charge is 0.252 e. The van der Waals surface area contributed by atoms with Gasteiger partial charge in [0.05, 0.1) is 0 Å². The van der Waals surface area contributed by atoms with E-state index in [1.807, 2.05) is 19.9 Å². The van der Waals surface area contributed by atoms with Gasteiger partial charge in [0.1, 0.15) is 0 Å². The van der Waals surface area contributed by atoms with E-state index >= 15 is 0 Å². The summed E-state index contributed by atoms with van der Waals surface area (Å²) in [4.78, 5) is 12.5. The van der Waals surface area contributed by atoms with Gasteiger partial charge in [-0.2, -0.15) is 0 Å². The van der Waals surface area contributed by atoms with Gasteiger partial charge >= 0.3 is 0 Å². The van der Waals surface area contributed by atoms with Crippen molar-refractivity contribution in [2.45, 2.75) is 59.9 Å². The molecule has 0 fully saturated rings. The van der Waals surface area contributed by atoms with Crippen molar-refractivity contribution >= 4 is 0 Å². The predicted octanol–water partition coefficient (Wildman–Crippen LogP) is 4.46. The van der Waals surface area contributed by atoms with Crippen molar-refractivity contribution in [3.63, 3.8) is 0 Å². The Labute approximate surface area is 105 Å². The molecular weight excluding hydrogens is 210 g/mol. The zero-order valence-corrected chi connectivity index (χ0v) is 12.1. The molecule has 0 amide bonds. The number of hydrogen-bond acceptors (Lipinski definition) is 1. The minimum Gasteiger partial charge on any atom is -0.0775 e. The summed E-state index contributed by atoms with van der Waals surface area (Å²) >= 11 is 0. The van der Waals surface area contributed by atoms with Crippen LogP contribution >= 0.6 is 0 Å². The third-order valence-corrected chi connectivity index (χ3v) is 4.13. The molecule has 0 heterocycles. The van der Waals surface area contributed by atoms with Gasteiger partial charge in [-0.3, -0.25) is 0 Å². The molecule has 1 rings (SSSR count). The molecule has 0 N–H and O–H groups in total.